The Morgan fingerprint density at radius 2 is 1.83 bits per heavy atom. The van der Waals surface area contributed by atoms with E-state index in [2.05, 4.69) is 52.0 Å². The highest BCUT2D eigenvalue weighted by atomic mass is 16.5. The van der Waals surface area contributed by atoms with Crippen LogP contribution in [0.2, 0.25) is 0 Å². The van der Waals surface area contributed by atoms with Crippen molar-refractivity contribution in [3.8, 4) is 5.75 Å². The summed E-state index contributed by atoms with van der Waals surface area (Å²) in [5.41, 5.74) is 10.9. The van der Waals surface area contributed by atoms with Gasteiger partial charge in [0.25, 0.3) is 0 Å². The summed E-state index contributed by atoms with van der Waals surface area (Å²) in [7, 11) is 2.06. The van der Waals surface area contributed by atoms with Crippen LogP contribution in [-0.4, -0.2) is 27.2 Å². The molecular weight excluding hydrogens is 360 g/mol. The van der Waals surface area contributed by atoms with Gasteiger partial charge in [0.05, 0.1) is 6.20 Å². The van der Waals surface area contributed by atoms with Crippen LogP contribution in [0.15, 0.2) is 73.4 Å². The van der Waals surface area contributed by atoms with E-state index >= 15 is 0 Å². The number of para-hydroxylation sites is 1. The van der Waals surface area contributed by atoms with Gasteiger partial charge in [0.2, 0.25) is 0 Å². The third kappa shape index (κ3) is 4.70. The van der Waals surface area contributed by atoms with E-state index in [9.17, 15) is 0 Å². The van der Waals surface area contributed by atoms with Crippen molar-refractivity contribution in [1.29, 1.82) is 0 Å². The van der Waals surface area contributed by atoms with Crippen LogP contribution in [0.1, 0.15) is 16.7 Å². The van der Waals surface area contributed by atoms with Crippen LogP contribution in [0.4, 0.5) is 0 Å². The molecule has 146 valence electrons. The molecule has 0 amide bonds. The second-order valence-electron chi connectivity index (χ2n) is 7.13. The summed E-state index contributed by atoms with van der Waals surface area (Å²) < 4.78 is 8.05. The van der Waals surface area contributed by atoms with Crippen LogP contribution in [-0.2, 0) is 13.5 Å². The van der Waals surface area contributed by atoms with E-state index < -0.39 is 0 Å². The van der Waals surface area contributed by atoms with Crippen molar-refractivity contribution in [3.05, 3.63) is 90.1 Å². The Morgan fingerprint density at radius 1 is 1.03 bits per heavy atom. The Balaban J connectivity index is 1.38. The zero-order valence-corrected chi connectivity index (χ0v) is 16.4. The number of nitrogens with two attached hydrogens (primary N) is 1. The highest BCUT2D eigenvalue weighted by molar-refractivity contribution is 5.83. The van der Waals surface area contributed by atoms with E-state index in [1.54, 1.807) is 24.8 Å². The first kappa shape index (κ1) is 18.9. The fraction of sp³-hybridized carbons (Fsp3) is 0.167. The van der Waals surface area contributed by atoms with Gasteiger partial charge < -0.3 is 15.0 Å². The Hall–Kier alpha value is -3.44. The molecule has 2 N–H and O–H groups in total. The molecule has 0 fully saturated rings. The number of nitrogens with zero attached hydrogens (tertiary/aromatic N) is 3. The molecule has 3 heterocycles. The molecule has 0 aliphatic rings. The highest BCUT2D eigenvalue weighted by Gasteiger charge is 2.11. The minimum absolute atomic E-state index is 0.100. The third-order valence-electron chi connectivity index (χ3n) is 4.83. The van der Waals surface area contributed by atoms with Gasteiger partial charge >= 0.3 is 0 Å². The lowest BCUT2D eigenvalue weighted by atomic mass is 10.1. The first-order valence-corrected chi connectivity index (χ1v) is 9.63. The molecule has 4 aromatic rings. The minimum Gasteiger partial charge on any atom is -0.490 e. The lowest BCUT2D eigenvalue weighted by molar-refractivity contribution is 0.286. The maximum absolute atomic E-state index is 6.35. The van der Waals surface area contributed by atoms with Gasteiger partial charge in [0.15, 0.2) is 0 Å². The standard InChI is InChI=1S/C24H24N4O/c1-28-16-20(23-4-2-3-5-24(23)28)13-21(25)17-29-22-12-19(14-27-15-22)7-6-18-8-10-26-11-9-18/h2-12,14-16,21H,13,17,25H2,1H3/b7-6+/t21-/m0/s1. The minimum atomic E-state index is -0.100. The number of rotatable bonds is 7. The van der Waals surface area contributed by atoms with Gasteiger partial charge in [0.1, 0.15) is 12.4 Å². The number of fused-ring (bicyclic) bond motifs is 1. The molecule has 0 bridgehead atoms. The molecule has 0 aliphatic carbocycles. The van der Waals surface area contributed by atoms with Crippen molar-refractivity contribution in [1.82, 2.24) is 14.5 Å². The maximum atomic E-state index is 6.35. The SMILES string of the molecule is Cn1cc(C[C@H](N)COc2cncc(/C=C/c3ccncc3)c2)c2ccccc21. The van der Waals surface area contributed by atoms with Crippen molar-refractivity contribution in [2.45, 2.75) is 12.5 Å². The number of benzene rings is 1. The number of ether oxygens (including phenoxy) is 1. The number of aryl methyl sites for hydroxylation is 1. The third-order valence-corrected chi connectivity index (χ3v) is 4.83. The second kappa shape index (κ2) is 8.71. The Bertz CT molecular complexity index is 1120. The molecule has 1 aromatic carbocycles. The average molecular weight is 384 g/mol. The van der Waals surface area contributed by atoms with E-state index in [0.29, 0.717) is 6.61 Å². The van der Waals surface area contributed by atoms with E-state index in [4.69, 9.17) is 10.5 Å². The molecule has 1 atom stereocenters. The molecule has 0 aliphatic heterocycles. The molecule has 0 saturated heterocycles. The smallest absolute Gasteiger partial charge is 0.138 e. The molecule has 29 heavy (non-hydrogen) atoms. The fourth-order valence-electron chi connectivity index (χ4n) is 3.41. The number of hydrogen-bond acceptors (Lipinski definition) is 4. The van der Waals surface area contributed by atoms with Gasteiger partial charge in [-0.2, -0.15) is 0 Å². The zero-order chi connectivity index (χ0) is 20.1. The molecule has 5 heteroatoms. The Kier molecular flexibility index (Phi) is 5.68. The summed E-state index contributed by atoms with van der Waals surface area (Å²) in [6.07, 6.45) is 14.0. The van der Waals surface area contributed by atoms with Crippen LogP contribution in [0, 0.1) is 0 Å². The van der Waals surface area contributed by atoms with E-state index in [-0.39, 0.29) is 6.04 Å². The normalized spacial score (nSPS) is 12.5. The first-order chi connectivity index (χ1) is 14.2. The van der Waals surface area contributed by atoms with Crippen molar-refractivity contribution in [2.24, 2.45) is 12.8 Å². The van der Waals surface area contributed by atoms with Crippen LogP contribution >= 0.6 is 0 Å². The number of pyridine rings is 2. The summed E-state index contributed by atoms with van der Waals surface area (Å²) in [5.74, 6) is 0.718. The monoisotopic (exact) mass is 384 g/mol. The van der Waals surface area contributed by atoms with Crippen LogP contribution in [0.5, 0.6) is 5.75 Å². The first-order valence-electron chi connectivity index (χ1n) is 9.63. The van der Waals surface area contributed by atoms with Crippen molar-refractivity contribution < 1.29 is 4.74 Å². The zero-order valence-electron chi connectivity index (χ0n) is 16.4. The van der Waals surface area contributed by atoms with Gasteiger partial charge in [-0.15, -0.1) is 0 Å². The van der Waals surface area contributed by atoms with Gasteiger partial charge in [-0.3, -0.25) is 9.97 Å². The maximum Gasteiger partial charge on any atom is 0.138 e. The van der Waals surface area contributed by atoms with Crippen LogP contribution in [0.3, 0.4) is 0 Å². The van der Waals surface area contributed by atoms with Crippen molar-refractivity contribution >= 4 is 23.1 Å². The van der Waals surface area contributed by atoms with Gasteiger partial charge in [-0.1, -0.05) is 30.4 Å². The summed E-state index contributed by atoms with van der Waals surface area (Å²) in [6.45, 7) is 0.433. The average Bonchev–Trinajstić information content (AvgIpc) is 3.07. The molecule has 5 nitrogen and oxygen atoms in total. The molecule has 0 spiro atoms. The van der Waals surface area contributed by atoms with Crippen LogP contribution < -0.4 is 10.5 Å². The van der Waals surface area contributed by atoms with Crippen LogP contribution in [0.25, 0.3) is 23.1 Å². The highest BCUT2D eigenvalue weighted by Crippen LogP contribution is 2.21. The van der Waals surface area contributed by atoms with Gasteiger partial charge in [-0.25, -0.2) is 0 Å². The lowest BCUT2D eigenvalue weighted by Gasteiger charge is -2.13. The summed E-state index contributed by atoms with van der Waals surface area (Å²) in [4.78, 5) is 8.29. The van der Waals surface area contributed by atoms with E-state index in [0.717, 1.165) is 23.3 Å². The van der Waals surface area contributed by atoms with Gasteiger partial charge in [-0.05, 0) is 47.4 Å². The number of hydrogen-bond donors (Lipinski definition) is 1. The fourth-order valence-corrected chi connectivity index (χ4v) is 3.41. The predicted molar refractivity (Wildman–Crippen MR) is 117 cm³/mol. The molecule has 0 radical (unpaired) electrons. The molecule has 0 saturated carbocycles. The largest absolute Gasteiger partial charge is 0.490 e. The topological polar surface area (TPSA) is 66.0 Å². The lowest BCUT2D eigenvalue weighted by Crippen LogP contribution is -2.30. The summed E-state index contributed by atoms with van der Waals surface area (Å²) >= 11 is 0. The Labute approximate surface area is 170 Å². The summed E-state index contributed by atoms with van der Waals surface area (Å²) in [6, 6.07) is 14.2. The molecular formula is C24H24N4O. The van der Waals surface area contributed by atoms with Crippen molar-refractivity contribution in [2.75, 3.05) is 6.61 Å². The summed E-state index contributed by atoms with van der Waals surface area (Å²) in [5, 5.41) is 1.25. The molecule has 3 aromatic heterocycles. The second-order valence-corrected chi connectivity index (χ2v) is 7.13. The van der Waals surface area contributed by atoms with Crippen molar-refractivity contribution in [3.63, 3.8) is 0 Å². The van der Waals surface area contributed by atoms with Gasteiger partial charge in [0, 0.05) is 48.8 Å². The molecule has 4 rings (SSSR count). The van der Waals surface area contributed by atoms with E-state index in [1.807, 2.05) is 30.4 Å². The van der Waals surface area contributed by atoms with E-state index in [1.165, 1.54) is 16.5 Å². The molecule has 0 unspecified atom stereocenters. The Morgan fingerprint density at radius 3 is 2.69 bits per heavy atom. The predicted octanol–water partition coefficient (Wildman–Crippen LogP) is 4.09. The number of aromatic nitrogens is 3. The quantitative estimate of drug-likeness (QED) is 0.521.